The molecule has 3 aromatic heterocycles. The van der Waals surface area contributed by atoms with E-state index in [1.54, 1.807) is 0 Å². The molecule has 2 N–H and O–H groups in total. The first-order valence-electron chi connectivity index (χ1n) is 12.1. The maximum absolute atomic E-state index is 12.3. The number of pyridine rings is 1. The highest BCUT2D eigenvalue weighted by molar-refractivity contribution is 6.03. The standard InChI is InChI=1S/C26H37N7O2/c1-16-20(25(2,3)4)21(30-23(29-16)33(24(34)35)26(5,6)7)17-15-28-22-19(17)18(9-10-27-22)32-13-11-31(8)12-14-32/h9-10,15H,11-14H2,1-8H3,(H,27,28)(H,34,35). The molecule has 1 aliphatic rings. The molecule has 1 fully saturated rings. The van der Waals surface area contributed by atoms with Crippen LogP contribution in [-0.2, 0) is 5.41 Å². The van der Waals surface area contributed by atoms with Gasteiger partial charge in [-0.1, -0.05) is 20.8 Å². The minimum Gasteiger partial charge on any atom is -0.465 e. The van der Waals surface area contributed by atoms with E-state index in [0.29, 0.717) is 0 Å². The Morgan fingerprint density at radius 2 is 1.74 bits per heavy atom. The molecule has 1 saturated heterocycles. The Hall–Kier alpha value is -3.20. The predicted octanol–water partition coefficient (Wildman–Crippen LogP) is 4.66. The van der Waals surface area contributed by atoms with Crippen molar-refractivity contribution in [2.24, 2.45) is 0 Å². The molecule has 0 atom stereocenters. The Kier molecular flexibility index (Phi) is 6.25. The first-order valence-corrected chi connectivity index (χ1v) is 12.1. The number of fused-ring (bicyclic) bond motifs is 1. The smallest absolute Gasteiger partial charge is 0.414 e. The van der Waals surface area contributed by atoms with Crippen molar-refractivity contribution in [2.45, 2.75) is 59.4 Å². The van der Waals surface area contributed by atoms with Gasteiger partial charge in [-0.25, -0.2) is 24.6 Å². The quantitative estimate of drug-likeness (QED) is 0.563. The number of hydrogen-bond donors (Lipinski definition) is 2. The van der Waals surface area contributed by atoms with E-state index in [4.69, 9.17) is 9.97 Å². The second kappa shape index (κ2) is 8.78. The van der Waals surface area contributed by atoms with E-state index in [1.165, 1.54) is 4.90 Å². The summed E-state index contributed by atoms with van der Waals surface area (Å²) in [5, 5.41) is 11.0. The number of nitrogens with one attached hydrogen (secondary N) is 1. The summed E-state index contributed by atoms with van der Waals surface area (Å²) in [6, 6.07) is 2.06. The average molecular weight is 480 g/mol. The molecule has 1 aliphatic heterocycles. The van der Waals surface area contributed by atoms with Crippen LogP contribution in [0.15, 0.2) is 18.5 Å². The number of rotatable bonds is 3. The number of aromatic nitrogens is 4. The van der Waals surface area contributed by atoms with Crippen LogP contribution in [0.5, 0.6) is 0 Å². The minimum absolute atomic E-state index is 0.185. The van der Waals surface area contributed by atoms with Crippen molar-refractivity contribution in [3.05, 3.63) is 29.7 Å². The number of piperazine rings is 1. The number of hydrogen-bond acceptors (Lipinski definition) is 6. The van der Waals surface area contributed by atoms with Gasteiger partial charge in [-0.3, -0.25) is 0 Å². The van der Waals surface area contributed by atoms with Gasteiger partial charge < -0.3 is 19.9 Å². The number of aryl methyl sites for hydroxylation is 1. The van der Waals surface area contributed by atoms with E-state index in [-0.39, 0.29) is 11.4 Å². The summed E-state index contributed by atoms with van der Waals surface area (Å²) < 4.78 is 0. The van der Waals surface area contributed by atoms with Crippen molar-refractivity contribution in [1.29, 1.82) is 0 Å². The van der Waals surface area contributed by atoms with Crippen LogP contribution >= 0.6 is 0 Å². The van der Waals surface area contributed by atoms with E-state index >= 15 is 0 Å². The molecule has 0 saturated carbocycles. The number of carbonyl (C=O) groups is 1. The third-order valence-corrected chi connectivity index (χ3v) is 6.54. The fourth-order valence-electron chi connectivity index (χ4n) is 4.96. The van der Waals surface area contributed by atoms with E-state index in [9.17, 15) is 9.90 Å². The molecule has 3 aromatic rings. The summed E-state index contributed by atoms with van der Waals surface area (Å²) in [5.41, 5.74) is 4.37. The number of H-pyrrole nitrogens is 1. The lowest BCUT2D eigenvalue weighted by Crippen LogP contribution is -2.46. The lowest BCUT2D eigenvalue weighted by atomic mass is 9.83. The van der Waals surface area contributed by atoms with Crippen LogP contribution in [0.2, 0.25) is 0 Å². The van der Waals surface area contributed by atoms with Crippen LogP contribution < -0.4 is 9.80 Å². The van der Waals surface area contributed by atoms with Crippen molar-refractivity contribution in [3.8, 4) is 11.3 Å². The Balaban J connectivity index is 1.99. The molecule has 4 rings (SSSR count). The van der Waals surface area contributed by atoms with Gasteiger partial charge in [-0.05, 0) is 46.2 Å². The maximum atomic E-state index is 12.3. The second-order valence-electron chi connectivity index (χ2n) is 11.4. The molecular weight excluding hydrogens is 442 g/mol. The predicted molar refractivity (Wildman–Crippen MR) is 141 cm³/mol. The molecule has 9 nitrogen and oxygen atoms in total. The topological polar surface area (TPSA) is 101 Å². The highest BCUT2D eigenvalue weighted by Gasteiger charge is 2.34. The summed E-state index contributed by atoms with van der Waals surface area (Å²) in [7, 11) is 2.14. The average Bonchev–Trinajstić information content (AvgIpc) is 3.16. The first kappa shape index (κ1) is 24.9. The van der Waals surface area contributed by atoms with Gasteiger partial charge in [0.15, 0.2) is 0 Å². The fourth-order valence-corrected chi connectivity index (χ4v) is 4.96. The third kappa shape index (κ3) is 4.69. The normalized spacial score (nSPS) is 15.6. The molecule has 0 aliphatic carbocycles. The lowest BCUT2D eigenvalue weighted by molar-refractivity contribution is 0.195. The Morgan fingerprint density at radius 3 is 2.31 bits per heavy atom. The Labute approximate surface area is 207 Å². The van der Waals surface area contributed by atoms with Gasteiger partial charge in [0.2, 0.25) is 5.95 Å². The lowest BCUT2D eigenvalue weighted by Gasteiger charge is -2.35. The summed E-state index contributed by atoms with van der Waals surface area (Å²) >= 11 is 0. The molecule has 0 bridgehead atoms. The van der Waals surface area contributed by atoms with E-state index in [1.807, 2.05) is 40.1 Å². The molecule has 4 heterocycles. The molecule has 1 amide bonds. The zero-order valence-corrected chi connectivity index (χ0v) is 22.1. The zero-order valence-electron chi connectivity index (χ0n) is 22.1. The van der Waals surface area contributed by atoms with Gasteiger partial charge in [0, 0.05) is 60.9 Å². The molecule has 35 heavy (non-hydrogen) atoms. The molecule has 9 heteroatoms. The summed E-state index contributed by atoms with van der Waals surface area (Å²) in [5.74, 6) is 0.185. The number of carboxylic acid groups (broad SMARTS) is 1. The molecule has 0 aromatic carbocycles. The number of likely N-dealkylation sites (N-methyl/N-ethyl adjacent to an activating group) is 1. The first-order chi connectivity index (χ1) is 16.3. The van der Waals surface area contributed by atoms with Gasteiger partial charge in [0.25, 0.3) is 0 Å². The van der Waals surface area contributed by atoms with Crippen LogP contribution in [0.4, 0.5) is 16.4 Å². The number of aromatic amines is 1. The van der Waals surface area contributed by atoms with Crippen LogP contribution in [-0.4, -0.2) is 74.8 Å². The van der Waals surface area contributed by atoms with Gasteiger partial charge in [0.05, 0.1) is 16.8 Å². The Bertz CT molecular complexity index is 1250. The van der Waals surface area contributed by atoms with Gasteiger partial charge >= 0.3 is 6.09 Å². The van der Waals surface area contributed by atoms with E-state index < -0.39 is 11.6 Å². The van der Waals surface area contributed by atoms with Gasteiger partial charge in [-0.15, -0.1) is 0 Å². The highest BCUT2D eigenvalue weighted by atomic mass is 16.4. The molecule has 0 radical (unpaired) electrons. The summed E-state index contributed by atoms with van der Waals surface area (Å²) in [6.07, 6.45) is 2.70. The van der Waals surface area contributed by atoms with E-state index in [2.05, 4.69) is 53.7 Å². The SMILES string of the molecule is Cc1nc(N(C(=O)O)C(C)(C)C)nc(-c2c[nH]c3nccc(N4CCN(C)CC4)c23)c1C(C)(C)C. The van der Waals surface area contributed by atoms with E-state index in [0.717, 1.165) is 65.4 Å². The fraction of sp³-hybridized carbons (Fsp3) is 0.538. The maximum Gasteiger partial charge on any atom is 0.414 e. The van der Waals surface area contributed by atoms with Gasteiger partial charge in [-0.2, -0.15) is 0 Å². The largest absolute Gasteiger partial charge is 0.465 e. The molecule has 0 spiro atoms. The minimum atomic E-state index is -1.08. The van der Waals surface area contributed by atoms with Crippen LogP contribution in [0.3, 0.4) is 0 Å². The monoisotopic (exact) mass is 479 g/mol. The van der Waals surface area contributed by atoms with Crippen molar-refractivity contribution in [1.82, 2.24) is 24.8 Å². The Morgan fingerprint density at radius 1 is 1.09 bits per heavy atom. The molecule has 0 unspecified atom stereocenters. The molecular formula is C26H37N7O2. The number of amides is 1. The highest BCUT2D eigenvalue weighted by Crippen LogP contribution is 2.41. The van der Waals surface area contributed by atoms with Crippen molar-refractivity contribution in [3.63, 3.8) is 0 Å². The summed E-state index contributed by atoms with van der Waals surface area (Å²) in [4.78, 5) is 35.8. The second-order valence-corrected chi connectivity index (χ2v) is 11.4. The van der Waals surface area contributed by atoms with Crippen molar-refractivity contribution in [2.75, 3.05) is 43.0 Å². The molecule has 188 valence electrons. The summed E-state index contributed by atoms with van der Waals surface area (Å²) in [6.45, 7) is 17.7. The number of nitrogens with zero attached hydrogens (tertiary/aromatic N) is 6. The van der Waals surface area contributed by atoms with Crippen molar-refractivity contribution < 1.29 is 9.90 Å². The zero-order chi connectivity index (χ0) is 25.7. The van der Waals surface area contributed by atoms with Crippen LogP contribution in [0, 0.1) is 6.92 Å². The van der Waals surface area contributed by atoms with Crippen molar-refractivity contribution >= 4 is 28.8 Å². The number of anilines is 2. The van der Waals surface area contributed by atoms with Crippen LogP contribution in [0.25, 0.3) is 22.3 Å². The van der Waals surface area contributed by atoms with Crippen LogP contribution in [0.1, 0.15) is 52.8 Å². The van der Waals surface area contributed by atoms with Gasteiger partial charge in [0.1, 0.15) is 5.65 Å². The third-order valence-electron chi connectivity index (χ3n) is 6.54.